The lowest BCUT2D eigenvalue weighted by atomic mass is 10.1. The van der Waals surface area contributed by atoms with E-state index in [2.05, 4.69) is 10.4 Å². The Kier molecular flexibility index (Phi) is 6.65. The number of hydrogen-bond acceptors (Lipinski definition) is 4. The summed E-state index contributed by atoms with van der Waals surface area (Å²) < 4.78 is 1.85. The SMILES string of the molecule is Cc1nn(C)c(C)c1CCN(C)c1ccc(NC(=O)c2ccccc2Cl)cc1C(=O)O. The Morgan fingerprint density at radius 3 is 2.48 bits per heavy atom. The predicted molar refractivity (Wildman–Crippen MR) is 122 cm³/mol. The van der Waals surface area contributed by atoms with E-state index in [1.165, 1.54) is 6.07 Å². The summed E-state index contributed by atoms with van der Waals surface area (Å²) in [6.45, 7) is 4.62. The van der Waals surface area contributed by atoms with Crippen LogP contribution < -0.4 is 10.2 Å². The molecular weight excluding hydrogens is 416 g/mol. The standard InChI is InChI=1S/C23H25ClN4O3/c1-14-17(15(2)28(4)26-14)11-12-27(3)21-10-9-16(13-19(21)23(30)31)25-22(29)18-7-5-6-8-20(18)24/h5-10,13H,11-12H2,1-4H3,(H,25,29)(H,30,31). The van der Waals surface area contributed by atoms with E-state index >= 15 is 0 Å². The highest BCUT2D eigenvalue weighted by atomic mass is 35.5. The molecule has 1 amide bonds. The smallest absolute Gasteiger partial charge is 0.337 e. The molecule has 3 rings (SSSR count). The van der Waals surface area contributed by atoms with Gasteiger partial charge in [-0.3, -0.25) is 9.48 Å². The van der Waals surface area contributed by atoms with Crippen molar-refractivity contribution in [3.05, 3.63) is 75.6 Å². The number of amides is 1. The maximum Gasteiger partial charge on any atom is 0.337 e. The van der Waals surface area contributed by atoms with Crippen molar-refractivity contribution in [2.45, 2.75) is 20.3 Å². The maximum atomic E-state index is 12.5. The van der Waals surface area contributed by atoms with Crippen molar-refractivity contribution in [1.82, 2.24) is 9.78 Å². The van der Waals surface area contributed by atoms with Gasteiger partial charge >= 0.3 is 5.97 Å². The van der Waals surface area contributed by atoms with Gasteiger partial charge in [0.2, 0.25) is 0 Å². The quantitative estimate of drug-likeness (QED) is 0.571. The normalized spacial score (nSPS) is 10.7. The highest BCUT2D eigenvalue weighted by Crippen LogP contribution is 2.26. The Bertz CT molecular complexity index is 1140. The molecule has 1 heterocycles. The van der Waals surface area contributed by atoms with Crippen molar-refractivity contribution in [3.8, 4) is 0 Å². The summed E-state index contributed by atoms with van der Waals surface area (Å²) in [6.07, 6.45) is 0.742. The zero-order chi connectivity index (χ0) is 22.7. The minimum atomic E-state index is -1.07. The number of carboxylic acids is 1. The Balaban J connectivity index is 1.79. The van der Waals surface area contributed by atoms with Crippen LogP contribution in [0.5, 0.6) is 0 Å². The van der Waals surface area contributed by atoms with Gasteiger partial charge in [-0.15, -0.1) is 0 Å². The van der Waals surface area contributed by atoms with Crippen LogP contribution in [0.25, 0.3) is 0 Å². The monoisotopic (exact) mass is 440 g/mol. The number of nitrogens with one attached hydrogen (secondary N) is 1. The summed E-state index contributed by atoms with van der Waals surface area (Å²) in [4.78, 5) is 26.3. The average molecular weight is 441 g/mol. The van der Waals surface area contributed by atoms with Crippen LogP contribution in [0.2, 0.25) is 5.02 Å². The van der Waals surface area contributed by atoms with Crippen molar-refractivity contribution in [2.75, 3.05) is 23.8 Å². The number of carbonyl (C=O) groups is 2. The molecule has 0 aliphatic rings. The van der Waals surface area contributed by atoms with Gasteiger partial charge in [0.25, 0.3) is 5.91 Å². The number of hydrogen-bond donors (Lipinski definition) is 2. The number of benzene rings is 2. The molecule has 1 aromatic heterocycles. The predicted octanol–water partition coefficient (Wildman–Crippen LogP) is 4.32. The number of nitrogens with zero attached hydrogens (tertiary/aromatic N) is 3. The lowest BCUT2D eigenvalue weighted by Crippen LogP contribution is -2.23. The number of aromatic carboxylic acids is 1. The van der Waals surface area contributed by atoms with Crippen molar-refractivity contribution in [3.63, 3.8) is 0 Å². The maximum absolute atomic E-state index is 12.5. The van der Waals surface area contributed by atoms with Gasteiger partial charge in [-0.1, -0.05) is 23.7 Å². The van der Waals surface area contributed by atoms with E-state index in [0.29, 0.717) is 28.5 Å². The lowest BCUT2D eigenvalue weighted by Gasteiger charge is -2.22. The molecule has 3 aromatic rings. The first kappa shape index (κ1) is 22.4. The molecule has 2 N–H and O–H groups in total. The third-order valence-corrected chi connectivity index (χ3v) is 5.70. The Hall–Kier alpha value is -3.32. The molecule has 0 saturated heterocycles. The second kappa shape index (κ2) is 9.22. The number of rotatable bonds is 7. The van der Waals surface area contributed by atoms with E-state index < -0.39 is 11.9 Å². The van der Waals surface area contributed by atoms with Crippen LogP contribution in [0.4, 0.5) is 11.4 Å². The second-order valence-corrected chi connectivity index (χ2v) is 7.82. The molecule has 8 heteroatoms. The van der Waals surface area contributed by atoms with Crippen LogP contribution in [0.3, 0.4) is 0 Å². The fraction of sp³-hybridized carbons (Fsp3) is 0.261. The largest absolute Gasteiger partial charge is 0.478 e. The summed E-state index contributed by atoms with van der Waals surface area (Å²) in [6, 6.07) is 11.5. The number of likely N-dealkylation sites (N-methyl/N-ethyl adjacent to an activating group) is 1. The molecule has 0 unspecified atom stereocenters. The van der Waals surface area contributed by atoms with Gasteiger partial charge in [-0.25, -0.2) is 4.79 Å². The molecule has 0 aliphatic heterocycles. The highest BCUT2D eigenvalue weighted by Gasteiger charge is 2.18. The fourth-order valence-corrected chi connectivity index (χ4v) is 3.76. The van der Waals surface area contributed by atoms with Crippen LogP contribution in [-0.4, -0.2) is 40.4 Å². The molecule has 0 radical (unpaired) electrons. The minimum absolute atomic E-state index is 0.110. The third-order valence-electron chi connectivity index (χ3n) is 5.37. The van der Waals surface area contributed by atoms with Gasteiger partial charge in [0.15, 0.2) is 0 Å². The van der Waals surface area contributed by atoms with Gasteiger partial charge in [0, 0.05) is 32.0 Å². The molecule has 31 heavy (non-hydrogen) atoms. The summed E-state index contributed by atoms with van der Waals surface area (Å²) >= 11 is 6.08. The average Bonchev–Trinajstić information content (AvgIpc) is 2.97. The topological polar surface area (TPSA) is 87.5 Å². The first-order chi connectivity index (χ1) is 14.7. The van der Waals surface area contributed by atoms with Crippen LogP contribution in [-0.2, 0) is 13.5 Å². The number of halogens is 1. The molecule has 0 aliphatic carbocycles. The first-order valence-corrected chi connectivity index (χ1v) is 10.2. The number of carboxylic acid groups (broad SMARTS) is 1. The summed E-state index contributed by atoms with van der Waals surface area (Å²) in [5.41, 5.74) is 4.63. The van der Waals surface area contributed by atoms with E-state index in [0.717, 1.165) is 23.4 Å². The molecular formula is C23H25ClN4O3. The van der Waals surface area contributed by atoms with Crippen LogP contribution in [0.1, 0.15) is 37.7 Å². The van der Waals surface area contributed by atoms with E-state index in [-0.39, 0.29) is 5.56 Å². The van der Waals surface area contributed by atoms with Crippen molar-refractivity contribution in [2.24, 2.45) is 7.05 Å². The zero-order valence-corrected chi connectivity index (χ0v) is 18.7. The number of carbonyl (C=O) groups excluding carboxylic acids is 1. The number of anilines is 2. The van der Waals surface area contributed by atoms with Gasteiger partial charge in [-0.2, -0.15) is 5.10 Å². The first-order valence-electron chi connectivity index (χ1n) is 9.82. The van der Waals surface area contributed by atoms with Crippen molar-refractivity contribution in [1.29, 1.82) is 0 Å². The summed E-state index contributed by atoms with van der Waals surface area (Å²) in [5, 5.41) is 17.2. The van der Waals surface area contributed by atoms with Crippen LogP contribution in [0, 0.1) is 13.8 Å². The Morgan fingerprint density at radius 1 is 1.16 bits per heavy atom. The van der Waals surface area contributed by atoms with E-state index in [1.54, 1.807) is 36.4 Å². The molecule has 0 saturated carbocycles. The van der Waals surface area contributed by atoms with Crippen molar-refractivity contribution >= 4 is 34.9 Å². The van der Waals surface area contributed by atoms with Gasteiger partial charge < -0.3 is 15.3 Å². The van der Waals surface area contributed by atoms with E-state index in [9.17, 15) is 14.7 Å². The minimum Gasteiger partial charge on any atom is -0.478 e. The zero-order valence-electron chi connectivity index (χ0n) is 17.9. The molecule has 162 valence electrons. The third kappa shape index (κ3) is 4.88. The molecule has 0 bridgehead atoms. The Labute approximate surface area is 186 Å². The Morgan fingerprint density at radius 2 is 1.87 bits per heavy atom. The van der Waals surface area contributed by atoms with E-state index in [4.69, 9.17) is 11.6 Å². The summed E-state index contributed by atoms with van der Waals surface area (Å²) in [5.74, 6) is -1.46. The van der Waals surface area contributed by atoms with Crippen LogP contribution in [0.15, 0.2) is 42.5 Å². The fourth-order valence-electron chi connectivity index (χ4n) is 3.54. The van der Waals surface area contributed by atoms with Gasteiger partial charge in [0.1, 0.15) is 0 Å². The van der Waals surface area contributed by atoms with Crippen molar-refractivity contribution < 1.29 is 14.7 Å². The highest BCUT2D eigenvalue weighted by molar-refractivity contribution is 6.34. The lowest BCUT2D eigenvalue weighted by molar-refractivity contribution is 0.0697. The molecule has 0 atom stereocenters. The molecule has 7 nitrogen and oxygen atoms in total. The number of aryl methyl sites for hydroxylation is 2. The van der Waals surface area contributed by atoms with E-state index in [1.807, 2.05) is 37.5 Å². The summed E-state index contributed by atoms with van der Waals surface area (Å²) in [7, 11) is 3.76. The molecule has 0 fully saturated rings. The van der Waals surface area contributed by atoms with Gasteiger partial charge in [-0.05, 0) is 56.2 Å². The molecule has 0 spiro atoms. The van der Waals surface area contributed by atoms with Gasteiger partial charge in [0.05, 0.1) is 27.5 Å². The second-order valence-electron chi connectivity index (χ2n) is 7.42. The number of aromatic nitrogens is 2. The van der Waals surface area contributed by atoms with Crippen LogP contribution >= 0.6 is 11.6 Å². The molecule has 2 aromatic carbocycles.